The summed E-state index contributed by atoms with van der Waals surface area (Å²) in [6.07, 6.45) is 1.69. The Hall–Kier alpha value is -2.47. The molecule has 0 amide bonds. The Labute approximate surface area is 127 Å². The molecule has 21 heavy (non-hydrogen) atoms. The van der Waals surface area contributed by atoms with Gasteiger partial charge in [-0.15, -0.1) is 0 Å². The first kappa shape index (κ1) is 13.5. The lowest BCUT2D eigenvalue weighted by molar-refractivity contribution is 0.384. The fraction of sp³-hybridized carbons (Fsp3) is 0.133. The molecule has 2 aromatic heterocycles. The molecule has 5 nitrogen and oxygen atoms in total. The highest BCUT2D eigenvalue weighted by molar-refractivity contribution is 7.80. The first-order valence-electron chi connectivity index (χ1n) is 6.49. The standard InChI is InChI=1S/C15H14N4OS/c1-9-6-10(20-19-9)7-18-14-11-4-2-3-5-13(11)17-8-12(14)15(16)21/h2-6,8H,7H2,1H3,(H2,16,21)(H,17,18). The lowest BCUT2D eigenvalue weighted by Crippen LogP contribution is -2.14. The van der Waals surface area contributed by atoms with Crippen LogP contribution in [0.5, 0.6) is 0 Å². The zero-order valence-electron chi connectivity index (χ0n) is 11.5. The van der Waals surface area contributed by atoms with E-state index in [1.807, 2.05) is 37.3 Å². The number of fused-ring (bicyclic) bond motifs is 1. The van der Waals surface area contributed by atoms with E-state index in [-0.39, 0.29) is 0 Å². The van der Waals surface area contributed by atoms with E-state index in [0.29, 0.717) is 11.5 Å². The zero-order valence-corrected chi connectivity index (χ0v) is 12.3. The van der Waals surface area contributed by atoms with Gasteiger partial charge in [-0.1, -0.05) is 35.6 Å². The number of aryl methyl sites for hydroxylation is 1. The highest BCUT2D eigenvalue weighted by atomic mass is 32.1. The number of nitrogens with one attached hydrogen (secondary N) is 1. The monoisotopic (exact) mass is 298 g/mol. The summed E-state index contributed by atoms with van der Waals surface area (Å²) < 4.78 is 5.21. The third kappa shape index (κ3) is 2.71. The molecule has 6 heteroatoms. The van der Waals surface area contributed by atoms with Crippen LogP contribution in [0.1, 0.15) is 17.0 Å². The minimum Gasteiger partial charge on any atom is -0.389 e. The van der Waals surface area contributed by atoms with Gasteiger partial charge in [-0.2, -0.15) is 0 Å². The van der Waals surface area contributed by atoms with Crippen LogP contribution in [0.2, 0.25) is 0 Å². The van der Waals surface area contributed by atoms with Crippen molar-refractivity contribution in [1.82, 2.24) is 10.1 Å². The third-order valence-electron chi connectivity index (χ3n) is 3.16. The number of nitrogens with zero attached hydrogens (tertiary/aromatic N) is 2. The lowest BCUT2D eigenvalue weighted by Gasteiger charge is -2.12. The van der Waals surface area contributed by atoms with Crippen LogP contribution in [-0.4, -0.2) is 15.1 Å². The molecular weight excluding hydrogens is 284 g/mol. The summed E-state index contributed by atoms with van der Waals surface area (Å²) in [6, 6.07) is 9.72. The molecule has 0 aliphatic carbocycles. The van der Waals surface area contributed by atoms with Gasteiger partial charge in [0.2, 0.25) is 0 Å². The van der Waals surface area contributed by atoms with Crippen LogP contribution in [0.15, 0.2) is 41.1 Å². The number of pyridine rings is 1. The van der Waals surface area contributed by atoms with Crippen molar-refractivity contribution in [1.29, 1.82) is 0 Å². The van der Waals surface area contributed by atoms with E-state index in [9.17, 15) is 0 Å². The van der Waals surface area contributed by atoms with Crippen molar-refractivity contribution in [2.75, 3.05) is 5.32 Å². The second-order valence-corrected chi connectivity index (χ2v) is 5.16. The summed E-state index contributed by atoms with van der Waals surface area (Å²) in [7, 11) is 0. The van der Waals surface area contributed by atoms with Crippen molar-refractivity contribution in [2.45, 2.75) is 13.5 Å². The molecule has 3 rings (SSSR count). The number of para-hydroxylation sites is 1. The Balaban J connectivity index is 2.01. The van der Waals surface area contributed by atoms with Gasteiger partial charge in [0.15, 0.2) is 5.76 Å². The van der Waals surface area contributed by atoms with E-state index >= 15 is 0 Å². The average Bonchev–Trinajstić information content (AvgIpc) is 2.90. The van der Waals surface area contributed by atoms with Gasteiger partial charge in [-0.25, -0.2) is 0 Å². The van der Waals surface area contributed by atoms with Crippen LogP contribution in [0.3, 0.4) is 0 Å². The van der Waals surface area contributed by atoms with Gasteiger partial charge in [0.1, 0.15) is 4.99 Å². The molecule has 0 radical (unpaired) electrons. The molecule has 0 saturated heterocycles. The van der Waals surface area contributed by atoms with E-state index in [0.717, 1.165) is 33.6 Å². The minimum atomic E-state index is 0.310. The van der Waals surface area contributed by atoms with Crippen LogP contribution >= 0.6 is 12.2 Å². The fourth-order valence-electron chi connectivity index (χ4n) is 2.19. The molecule has 0 aliphatic heterocycles. The molecule has 3 aromatic rings. The van der Waals surface area contributed by atoms with E-state index in [2.05, 4.69) is 15.5 Å². The average molecular weight is 298 g/mol. The number of nitrogens with two attached hydrogens (primary N) is 1. The second-order valence-electron chi connectivity index (χ2n) is 4.72. The highest BCUT2D eigenvalue weighted by Crippen LogP contribution is 2.26. The normalized spacial score (nSPS) is 10.7. The van der Waals surface area contributed by atoms with E-state index in [4.69, 9.17) is 22.5 Å². The first-order valence-corrected chi connectivity index (χ1v) is 6.89. The quantitative estimate of drug-likeness (QED) is 0.721. The van der Waals surface area contributed by atoms with Gasteiger partial charge in [0.05, 0.1) is 29.0 Å². The molecule has 0 aliphatic rings. The first-order chi connectivity index (χ1) is 10.1. The fourth-order valence-corrected chi connectivity index (χ4v) is 2.35. The Morgan fingerprint density at radius 1 is 1.38 bits per heavy atom. The molecule has 106 valence electrons. The van der Waals surface area contributed by atoms with Crippen LogP contribution < -0.4 is 11.1 Å². The van der Waals surface area contributed by atoms with E-state index < -0.39 is 0 Å². The molecule has 3 N–H and O–H groups in total. The number of aromatic nitrogens is 2. The van der Waals surface area contributed by atoms with Gasteiger partial charge in [-0.3, -0.25) is 4.98 Å². The van der Waals surface area contributed by atoms with E-state index in [1.165, 1.54) is 0 Å². The molecule has 2 heterocycles. The predicted molar refractivity (Wildman–Crippen MR) is 86.2 cm³/mol. The summed E-state index contributed by atoms with van der Waals surface area (Å²) >= 11 is 5.11. The van der Waals surface area contributed by atoms with Gasteiger partial charge in [-0.05, 0) is 13.0 Å². The number of benzene rings is 1. The summed E-state index contributed by atoms with van der Waals surface area (Å²) in [5.74, 6) is 0.752. The highest BCUT2D eigenvalue weighted by Gasteiger charge is 2.11. The van der Waals surface area contributed by atoms with Crippen molar-refractivity contribution in [3.05, 3.63) is 53.5 Å². The Morgan fingerprint density at radius 3 is 2.90 bits per heavy atom. The van der Waals surface area contributed by atoms with Crippen molar-refractivity contribution >= 4 is 33.8 Å². The topological polar surface area (TPSA) is 77.0 Å². The van der Waals surface area contributed by atoms with Crippen molar-refractivity contribution in [3.8, 4) is 0 Å². The predicted octanol–water partition coefficient (Wildman–Crippen LogP) is 2.78. The number of anilines is 1. The molecular formula is C15H14N4OS. The van der Waals surface area contributed by atoms with Crippen molar-refractivity contribution < 1.29 is 4.52 Å². The van der Waals surface area contributed by atoms with E-state index in [1.54, 1.807) is 6.20 Å². The maximum absolute atomic E-state index is 5.79. The molecule has 0 spiro atoms. The zero-order chi connectivity index (χ0) is 14.8. The number of hydrogen-bond acceptors (Lipinski definition) is 5. The number of rotatable bonds is 4. The Bertz CT molecular complexity index is 812. The van der Waals surface area contributed by atoms with Crippen LogP contribution in [0.4, 0.5) is 5.69 Å². The van der Waals surface area contributed by atoms with Crippen LogP contribution in [-0.2, 0) is 6.54 Å². The summed E-state index contributed by atoms with van der Waals surface area (Å²) in [6.45, 7) is 2.39. The molecule has 0 bridgehead atoms. The minimum absolute atomic E-state index is 0.310. The van der Waals surface area contributed by atoms with Gasteiger partial charge >= 0.3 is 0 Å². The van der Waals surface area contributed by atoms with Crippen LogP contribution in [0, 0.1) is 6.92 Å². The third-order valence-corrected chi connectivity index (χ3v) is 3.38. The SMILES string of the molecule is Cc1cc(CNc2c(C(N)=S)cnc3ccccc23)on1. The molecule has 0 fully saturated rings. The number of thiocarbonyl (C=S) groups is 1. The second kappa shape index (κ2) is 5.49. The number of hydrogen-bond donors (Lipinski definition) is 2. The lowest BCUT2D eigenvalue weighted by atomic mass is 10.1. The Morgan fingerprint density at radius 2 is 2.19 bits per heavy atom. The van der Waals surface area contributed by atoms with Crippen molar-refractivity contribution in [2.24, 2.45) is 5.73 Å². The van der Waals surface area contributed by atoms with Crippen molar-refractivity contribution in [3.63, 3.8) is 0 Å². The molecule has 1 aromatic carbocycles. The maximum atomic E-state index is 5.79. The largest absolute Gasteiger partial charge is 0.389 e. The molecule has 0 atom stereocenters. The Kier molecular flexibility index (Phi) is 3.53. The summed E-state index contributed by atoms with van der Waals surface area (Å²) in [4.78, 5) is 4.69. The molecule has 0 unspecified atom stereocenters. The van der Waals surface area contributed by atoms with Gasteiger partial charge < -0.3 is 15.6 Å². The van der Waals surface area contributed by atoms with Crippen LogP contribution in [0.25, 0.3) is 10.9 Å². The smallest absolute Gasteiger partial charge is 0.156 e. The maximum Gasteiger partial charge on any atom is 0.156 e. The summed E-state index contributed by atoms with van der Waals surface area (Å²) in [5.41, 5.74) is 9.11. The van der Waals surface area contributed by atoms with Gasteiger partial charge in [0.25, 0.3) is 0 Å². The summed E-state index contributed by atoms with van der Waals surface area (Å²) in [5, 5.41) is 8.17. The molecule has 0 saturated carbocycles. The van der Waals surface area contributed by atoms with Gasteiger partial charge in [0, 0.05) is 17.6 Å².